The van der Waals surface area contributed by atoms with E-state index in [0.717, 1.165) is 45.2 Å². The normalized spacial score (nSPS) is 13.6. The first-order valence-corrected chi connectivity index (χ1v) is 25.5. The number of benzene rings is 2. The third-order valence-corrected chi connectivity index (χ3v) is 12.9. The van der Waals surface area contributed by atoms with Crippen molar-refractivity contribution in [3.05, 3.63) is 126 Å². The van der Waals surface area contributed by atoms with Crippen LogP contribution < -0.4 is 20.7 Å². The van der Waals surface area contributed by atoms with Gasteiger partial charge in [-0.25, -0.2) is 4.98 Å². The molecule has 21 heteroatoms. The largest absolute Gasteiger partial charge is 0.493 e. The fourth-order valence-electron chi connectivity index (χ4n) is 7.37. The van der Waals surface area contributed by atoms with Gasteiger partial charge in [-0.2, -0.15) is 5.26 Å². The zero-order valence-electron chi connectivity index (χ0n) is 40.6. The van der Waals surface area contributed by atoms with Crippen LogP contribution >= 0.6 is 38.9 Å². The molecule has 3 aromatic heterocycles. The number of rotatable bonds is 28. The second kappa shape index (κ2) is 28.6. The van der Waals surface area contributed by atoms with Crippen molar-refractivity contribution >= 4 is 74.6 Å². The highest BCUT2D eigenvalue weighted by molar-refractivity contribution is 9.10. The molecule has 1 unspecified atom stereocenters. The van der Waals surface area contributed by atoms with Gasteiger partial charge in [0.2, 0.25) is 5.91 Å². The maximum absolute atomic E-state index is 13.2. The van der Waals surface area contributed by atoms with E-state index < -0.39 is 11.9 Å². The standard InChI is InChI=1S/C51H58BrClN10O8S/c1-5-8-42(60-50(66)38(31-54)29-40-9-6-10-44(52)58-40)36-13-17-41(18-14-36)70-22-7-19-57-71-32-46(65)56-21-24-68-26-28-69-27-25-67-23-20-55-45(64)30-43-49-62-61-35(4)63(49)51-47(33(2)34(3)72-51)48(59-43)37-11-15-39(53)16-12-37/h6,9-19,29,42-43H,5,7-8,20-28,30,32H2,1-4H3,(H,55,64)(H,56,65)(H,60,66)/b38-29+,57-19+/t42?,43-/m0/s1. The Morgan fingerprint density at radius 1 is 0.917 bits per heavy atom. The third-order valence-electron chi connectivity index (χ3n) is 11.0. The number of aryl methyl sites for hydroxylation is 2. The number of hydrogen-bond acceptors (Lipinski definition) is 15. The van der Waals surface area contributed by atoms with Crippen LogP contribution in [0.4, 0.5) is 0 Å². The lowest BCUT2D eigenvalue weighted by atomic mass is 9.99. The summed E-state index contributed by atoms with van der Waals surface area (Å²) in [6.45, 7) is 10.8. The van der Waals surface area contributed by atoms with E-state index in [-0.39, 0.29) is 36.5 Å². The summed E-state index contributed by atoms with van der Waals surface area (Å²) in [6.07, 6.45) is 5.02. The Kier molecular flexibility index (Phi) is 21.9. The molecule has 3 N–H and O–H groups in total. The van der Waals surface area contributed by atoms with Gasteiger partial charge in [-0.15, -0.1) is 21.5 Å². The Morgan fingerprint density at radius 3 is 2.29 bits per heavy atom. The molecular formula is C51H58BrClN10O8S. The molecule has 0 bridgehead atoms. The summed E-state index contributed by atoms with van der Waals surface area (Å²) >= 11 is 11.2. The first kappa shape index (κ1) is 55.0. The number of amides is 3. The van der Waals surface area contributed by atoms with Gasteiger partial charge in [0.1, 0.15) is 38.9 Å². The van der Waals surface area contributed by atoms with Crippen LogP contribution in [0.1, 0.15) is 89.2 Å². The Balaban J connectivity index is 0.771. The lowest BCUT2D eigenvalue weighted by molar-refractivity contribution is -0.126. The number of carbonyl (C=O) groups excluding carboxylic acids is 3. The molecule has 72 heavy (non-hydrogen) atoms. The summed E-state index contributed by atoms with van der Waals surface area (Å²) in [5, 5.41) is 32.5. The van der Waals surface area contributed by atoms with Crippen LogP contribution in [0.15, 0.2) is 87.1 Å². The fraction of sp³-hybridized carbons (Fsp3) is 0.392. The van der Waals surface area contributed by atoms with Gasteiger partial charge in [0, 0.05) is 46.8 Å². The van der Waals surface area contributed by atoms with Crippen molar-refractivity contribution in [2.75, 3.05) is 65.9 Å². The SMILES string of the molecule is CCCC(NC(=O)/C(C#N)=C/c1cccc(Br)n1)c1ccc(OCC/C=N/OCC(=O)NCCOCCOCCOCCNC(=O)C[C@@H]2N=C(c3ccc(Cl)cc3)c3c(sc(C)c3C)-n3c(C)nnc32)cc1. The Bertz CT molecular complexity index is 2740. The van der Waals surface area contributed by atoms with Crippen molar-refractivity contribution in [2.45, 2.75) is 65.5 Å². The van der Waals surface area contributed by atoms with Gasteiger partial charge in [-0.05, 0) is 96.7 Å². The van der Waals surface area contributed by atoms with Gasteiger partial charge in [0.05, 0.1) is 70.1 Å². The van der Waals surface area contributed by atoms with E-state index in [4.69, 9.17) is 40.4 Å². The van der Waals surface area contributed by atoms with Gasteiger partial charge >= 0.3 is 0 Å². The minimum atomic E-state index is -0.560. The number of nitriles is 1. The van der Waals surface area contributed by atoms with Crippen molar-refractivity contribution in [3.8, 4) is 16.8 Å². The summed E-state index contributed by atoms with van der Waals surface area (Å²) in [4.78, 5) is 54.0. The molecule has 0 fully saturated rings. The Hall–Kier alpha value is -6.34. The molecule has 3 amide bonds. The summed E-state index contributed by atoms with van der Waals surface area (Å²) in [7, 11) is 0. The summed E-state index contributed by atoms with van der Waals surface area (Å²) in [6, 6.07) is 21.4. The molecule has 0 aliphatic carbocycles. The first-order chi connectivity index (χ1) is 34.9. The van der Waals surface area contributed by atoms with Crippen molar-refractivity contribution in [3.63, 3.8) is 0 Å². The first-order valence-electron chi connectivity index (χ1n) is 23.5. The van der Waals surface area contributed by atoms with E-state index in [9.17, 15) is 19.6 Å². The fourth-order valence-corrected chi connectivity index (χ4v) is 9.07. The highest BCUT2D eigenvalue weighted by Gasteiger charge is 2.32. The third kappa shape index (κ3) is 16.3. The number of thiophene rings is 1. The highest BCUT2D eigenvalue weighted by Crippen LogP contribution is 2.39. The van der Waals surface area contributed by atoms with Crippen LogP contribution in [0.2, 0.25) is 5.02 Å². The molecule has 0 saturated carbocycles. The van der Waals surface area contributed by atoms with Gasteiger partial charge < -0.3 is 39.7 Å². The predicted molar refractivity (Wildman–Crippen MR) is 279 cm³/mol. The number of ether oxygens (including phenoxy) is 4. The van der Waals surface area contributed by atoms with Crippen molar-refractivity contribution in [1.29, 1.82) is 5.26 Å². The van der Waals surface area contributed by atoms with Crippen molar-refractivity contribution < 1.29 is 38.2 Å². The molecule has 0 spiro atoms. The molecule has 1 aliphatic heterocycles. The van der Waals surface area contributed by atoms with Crippen LogP contribution in [0.25, 0.3) is 11.1 Å². The van der Waals surface area contributed by atoms with Crippen LogP contribution in [-0.4, -0.2) is 115 Å². The highest BCUT2D eigenvalue weighted by atomic mass is 79.9. The Labute approximate surface area is 436 Å². The van der Waals surface area contributed by atoms with Gasteiger partial charge in [-0.3, -0.25) is 23.9 Å². The molecule has 1 aliphatic rings. The van der Waals surface area contributed by atoms with Crippen molar-refractivity contribution in [1.82, 2.24) is 35.7 Å². The van der Waals surface area contributed by atoms with E-state index in [1.807, 2.05) is 73.0 Å². The van der Waals surface area contributed by atoms with E-state index >= 15 is 0 Å². The average Bonchev–Trinajstić information content (AvgIpc) is 3.85. The van der Waals surface area contributed by atoms with E-state index in [0.29, 0.717) is 99.1 Å². The molecule has 5 aromatic rings. The molecular weight excluding hydrogens is 1030 g/mol. The van der Waals surface area contributed by atoms with Crippen LogP contribution in [0, 0.1) is 32.1 Å². The lowest BCUT2D eigenvalue weighted by Crippen LogP contribution is -2.30. The minimum Gasteiger partial charge on any atom is -0.493 e. The number of oxime groups is 1. The summed E-state index contributed by atoms with van der Waals surface area (Å²) in [5.41, 5.74) is 5.17. The van der Waals surface area contributed by atoms with Gasteiger partial charge in [-0.1, -0.05) is 60.4 Å². The molecule has 2 aromatic carbocycles. The van der Waals surface area contributed by atoms with Crippen LogP contribution in [-0.2, 0) is 33.4 Å². The zero-order chi connectivity index (χ0) is 51.2. The number of nitrogens with one attached hydrogen (secondary N) is 3. The number of aliphatic imine (C=N–C) groups is 1. The van der Waals surface area contributed by atoms with E-state index in [1.165, 1.54) is 17.2 Å². The molecule has 0 radical (unpaired) electrons. The second-order valence-corrected chi connectivity index (χ2v) is 18.7. The number of aromatic nitrogens is 4. The summed E-state index contributed by atoms with van der Waals surface area (Å²) < 4.78 is 25.2. The predicted octanol–water partition coefficient (Wildman–Crippen LogP) is 7.67. The molecule has 380 valence electrons. The Morgan fingerprint density at radius 2 is 1.61 bits per heavy atom. The molecule has 0 saturated heterocycles. The van der Waals surface area contributed by atoms with E-state index in [2.05, 4.69) is 66.1 Å². The number of pyridine rings is 1. The lowest BCUT2D eigenvalue weighted by Gasteiger charge is -2.19. The molecule has 18 nitrogen and oxygen atoms in total. The summed E-state index contributed by atoms with van der Waals surface area (Å²) in [5.74, 6) is 0.992. The number of nitrogens with zero attached hydrogens (tertiary/aromatic N) is 7. The van der Waals surface area contributed by atoms with E-state index in [1.54, 1.807) is 29.5 Å². The number of halogens is 2. The molecule has 6 rings (SSSR count). The minimum absolute atomic E-state index is 0.0364. The zero-order valence-corrected chi connectivity index (χ0v) is 43.8. The average molecular weight is 1090 g/mol. The topological polar surface area (TPSA) is 226 Å². The molecule has 2 atom stereocenters. The second-order valence-electron chi connectivity index (χ2n) is 16.3. The van der Waals surface area contributed by atoms with Gasteiger partial charge in [0.15, 0.2) is 12.4 Å². The van der Waals surface area contributed by atoms with Crippen molar-refractivity contribution in [2.24, 2.45) is 10.1 Å². The maximum Gasteiger partial charge on any atom is 0.262 e. The molecule has 4 heterocycles. The number of hydrogen-bond donors (Lipinski definition) is 3. The van der Waals surface area contributed by atoms with Gasteiger partial charge in [0.25, 0.3) is 11.8 Å². The van der Waals surface area contributed by atoms with Crippen LogP contribution in [0.5, 0.6) is 5.75 Å². The monoisotopic (exact) mass is 1080 g/mol. The maximum atomic E-state index is 13.2. The number of carbonyl (C=O) groups is 3. The smallest absolute Gasteiger partial charge is 0.262 e. The quantitative estimate of drug-likeness (QED) is 0.0110. The van der Waals surface area contributed by atoms with Crippen LogP contribution in [0.3, 0.4) is 0 Å². The number of fused-ring (bicyclic) bond motifs is 3.